The molecule has 1 aromatic carbocycles. The molecule has 0 unspecified atom stereocenters. The Bertz CT molecular complexity index is 353. The SMILES string of the molecule is C#Cc1ccc(C#N)cc1N. The molecule has 0 aromatic heterocycles. The van der Waals surface area contributed by atoms with Crippen molar-refractivity contribution in [2.45, 2.75) is 0 Å². The van der Waals surface area contributed by atoms with Crippen molar-refractivity contribution in [2.75, 3.05) is 5.73 Å². The lowest BCUT2D eigenvalue weighted by atomic mass is 10.1. The summed E-state index contributed by atoms with van der Waals surface area (Å²) < 4.78 is 0. The highest BCUT2D eigenvalue weighted by Crippen LogP contribution is 2.11. The van der Waals surface area contributed by atoms with Crippen LogP contribution < -0.4 is 5.73 Å². The van der Waals surface area contributed by atoms with Gasteiger partial charge in [0.25, 0.3) is 0 Å². The van der Waals surface area contributed by atoms with E-state index in [9.17, 15) is 0 Å². The molecule has 0 amide bonds. The Kier molecular flexibility index (Phi) is 1.81. The molecule has 2 heteroatoms. The largest absolute Gasteiger partial charge is 0.398 e. The molecule has 0 aliphatic heterocycles. The summed E-state index contributed by atoms with van der Waals surface area (Å²) in [5, 5.41) is 8.47. The maximum absolute atomic E-state index is 8.47. The third-order valence-corrected chi connectivity index (χ3v) is 1.34. The smallest absolute Gasteiger partial charge is 0.0992 e. The third-order valence-electron chi connectivity index (χ3n) is 1.34. The zero-order valence-corrected chi connectivity index (χ0v) is 5.83. The van der Waals surface area contributed by atoms with Gasteiger partial charge in [0, 0.05) is 11.3 Å². The van der Waals surface area contributed by atoms with Crippen molar-refractivity contribution in [3.8, 4) is 18.4 Å². The number of benzene rings is 1. The summed E-state index contributed by atoms with van der Waals surface area (Å²) in [6, 6.07) is 6.84. The van der Waals surface area contributed by atoms with E-state index in [1.54, 1.807) is 18.2 Å². The molecule has 0 saturated carbocycles. The topological polar surface area (TPSA) is 49.8 Å². The average molecular weight is 142 g/mol. The predicted molar refractivity (Wildman–Crippen MR) is 43.5 cm³/mol. The van der Waals surface area contributed by atoms with Crippen molar-refractivity contribution in [2.24, 2.45) is 0 Å². The maximum Gasteiger partial charge on any atom is 0.0992 e. The van der Waals surface area contributed by atoms with Gasteiger partial charge < -0.3 is 5.73 Å². The second-order valence-electron chi connectivity index (χ2n) is 2.06. The monoisotopic (exact) mass is 142 g/mol. The summed E-state index contributed by atoms with van der Waals surface area (Å²) in [5.41, 5.74) is 7.15. The fraction of sp³-hybridized carbons (Fsp3) is 0. The first-order valence-corrected chi connectivity index (χ1v) is 3.04. The van der Waals surface area contributed by atoms with Crippen molar-refractivity contribution < 1.29 is 0 Å². The van der Waals surface area contributed by atoms with Gasteiger partial charge in [0.15, 0.2) is 0 Å². The molecular weight excluding hydrogens is 136 g/mol. The Morgan fingerprint density at radius 1 is 1.45 bits per heavy atom. The lowest BCUT2D eigenvalue weighted by Gasteiger charge is -1.96. The Morgan fingerprint density at radius 2 is 2.18 bits per heavy atom. The van der Waals surface area contributed by atoms with Crippen LogP contribution in [0.4, 0.5) is 5.69 Å². The first-order chi connectivity index (χ1) is 5.27. The molecule has 11 heavy (non-hydrogen) atoms. The molecule has 0 heterocycles. The normalized spacial score (nSPS) is 8.18. The molecule has 0 radical (unpaired) electrons. The molecule has 0 aliphatic carbocycles. The van der Waals surface area contributed by atoms with E-state index in [2.05, 4.69) is 5.92 Å². The standard InChI is InChI=1S/C9H6N2/c1-2-8-4-3-7(6-10)5-9(8)11/h1,3-5H,11H2. The summed E-state index contributed by atoms with van der Waals surface area (Å²) in [7, 11) is 0. The van der Waals surface area contributed by atoms with Crippen LogP contribution in [0, 0.1) is 23.7 Å². The van der Waals surface area contributed by atoms with E-state index in [-0.39, 0.29) is 0 Å². The fourth-order valence-corrected chi connectivity index (χ4v) is 0.764. The van der Waals surface area contributed by atoms with Gasteiger partial charge in [-0.25, -0.2) is 0 Å². The summed E-state index contributed by atoms with van der Waals surface area (Å²) in [4.78, 5) is 0. The van der Waals surface area contributed by atoms with Crippen molar-refractivity contribution in [3.63, 3.8) is 0 Å². The number of anilines is 1. The Morgan fingerprint density at radius 3 is 2.64 bits per heavy atom. The lowest BCUT2D eigenvalue weighted by Crippen LogP contribution is -1.90. The molecule has 1 rings (SSSR count). The van der Waals surface area contributed by atoms with Gasteiger partial charge in [0.05, 0.1) is 11.6 Å². The van der Waals surface area contributed by atoms with Crippen molar-refractivity contribution >= 4 is 5.69 Å². The molecular formula is C9H6N2. The van der Waals surface area contributed by atoms with Crippen molar-refractivity contribution in [1.82, 2.24) is 0 Å². The molecule has 1 aromatic rings. The van der Waals surface area contributed by atoms with Crippen LogP contribution >= 0.6 is 0 Å². The molecule has 0 fully saturated rings. The molecule has 52 valence electrons. The van der Waals surface area contributed by atoms with Crippen LogP contribution in [0.25, 0.3) is 0 Å². The zero-order valence-electron chi connectivity index (χ0n) is 5.83. The highest BCUT2D eigenvalue weighted by Gasteiger charge is 1.95. The molecule has 2 N–H and O–H groups in total. The van der Waals surface area contributed by atoms with Crippen LogP contribution in [-0.2, 0) is 0 Å². The molecule has 2 nitrogen and oxygen atoms in total. The Balaban J connectivity index is 3.25. The number of rotatable bonds is 0. The van der Waals surface area contributed by atoms with Gasteiger partial charge in [-0.2, -0.15) is 5.26 Å². The van der Waals surface area contributed by atoms with Crippen molar-refractivity contribution in [1.29, 1.82) is 5.26 Å². The van der Waals surface area contributed by atoms with Gasteiger partial charge >= 0.3 is 0 Å². The summed E-state index contributed by atoms with van der Waals surface area (Å²) in [5.74, 6) is 2.41. The van der Waals surface area contributed by atoms with Gasteiger partial charge in [0.2, 0.25) is 0 Å². The number of nitrogens with two attached hydrogens (primary N) is 1. The second kappa shape index (κ2) is 2.77. The van der Waals surface area contributed by atoms with Crippen LogP contribution in [0.1, 0.15) is 11.1 Å². The highest BCUT2D eigenvalue weighted by molar-refractivity contribution is 5.58. The van der Waals surface area contributed by atoms with Crippen LogP contribution in [-0.4, -0.2) is 0 Å². The fourth-order valence-electron chi connectivity index (χ4n) is 0.764. The molecule has 0 saturated heterocycles. The van der Waals surface area contributed by atoms with E-state index in [4.69, 9.17) is 17.4 Å². The number of nitriles is 1. The quantitative estimate of drug-likeness (QED) is 0.436. The van der Waals surface area contributed by atoms with E-state index < -0.39 is 0 Å². The van der Waals surface area contributed by atoms with Gasteiger partial charge in [0.1, 0.15) is 0 Å². The van der Waals surface area contributed by atoms with Gasteiger partial charge in [-0.05, 0) is 18.2 Å². The number of hydrogen-bond acceptors (Lipinski definition) is 2. The van der Waals surface area contributed by atoms with Crippen LogP contribution in [0.3, 0.4) is 0 Å². The third kappa shape index (κ3) is 1.31. The van der Waals surface area contributed by atoms with E-state index in [1.165, 1.54) is 0 Å². The van der Waals surface area contributed by atoms with Gasteiger partial charge in [-0.3, -0.25) is 0 Å². The molecule has 0 spiro atoms. The van der Waals surface area contributed by atoms with E-state index in [0.29, 0.717) is 16.8 Å². The Hall–Kier alpha value is -1.93. The van der Waals surface area contributed by atoms with Gasteiger partial charge in [-0.1, -0.05) is 5.92 Å². The average Bonchev–Trinajstić information content (AvgIpc) is 2.04. The second-order valence-corrected chi connectivity index (χ2v) is 2.06. The lowest BCUT2D eigenvalue weighted by molar-refractivity contribution is 1.48. The first kappa shape index (κ1) is 7.18. The number of terminal acetylenes is 1. The molecule has 0 bridgehead atoms. The number of nitrogens with zero attached hydrogens (tertiary/aromatic N) is 1. The summed E-state index contributed by atoms with van der Waals surface area (Å²) >= 11 is 0. The van der Waals surface area contributed by atoms with E-state index in [0.717, 1.165) is 0 Å². The summed E-state index contributed by atoms with van der Waals surface area (Å²) in [6.45, 7) is 0. The highest BCUT2D eigenvalue weighted by atomic mass is 14.6. The summed E-state index contributed by atoms with van der Waals surface area (Å²) in [6.07, 6.45) is 5.13. The number of nitrogen functional groups attached to an aromatic ring is 1. The number of hydrogen-bond donors (Lipinski definition) is 1. The minimum Gasteiger partial charge on any atom is -0.398 e. The minimum absolute atomic E-state index is 0.478. The molecule has 0 aliphatic rings. The van der Waals surface area contributed by atoms with Crippen LogP contribution in [0.2, 0.25) is 0 Å². The Labute approximate surface area is 65.3 Å². The zero-order chi connectivity index (χ0) is 8.27. The first-order valence-electron chi connectivity index (χ1n) is 3.04. The van der Waals surface area contributed by atoms with E-state index in [1.807, 2.05) is 6.07 Å². The van der Waals surface area contributed by atoms with E-state index >= 15 is 0 Å². The molecule has 0 atom stereocenters. The maximum atomic E-state index is 8.47. The van der Waals surface area contributed by atoms with Crippen LogP contribution in [0.5, 0.6) is 0 Å². The van der Waals surface area contributed by atoms with Gasteiger partial charge in [-0.15, -0.1) is 6.42 Å². The predicted octanol–water partition coefficient (Wildman–Crippen LogP) is 1.12. The minimum atomic E-state index is 0.478. The van der Waals surface area contributed by atoms with Crippen molar-refractivity contribution in [3.05, 3.63) is 29.3 Å². The van der Waals surface area contributed by atoms with Crippen LogP contribution in [0.15, 0.2) is 18.2 Å².